The highest BCUT2D eigenvalue weighted by molar-refractivity contribution is 14.1. The van der Waals surface area contributed by atoms with E-state index in [1.165, 1.54) is 0 Å². The fraction of sp³-hybridized carbons (Fsp3) is 0. The third-order valence-electron chi connectivity index (χ3n) is 1.86. The van der Waals surface area contributed by atoms with Gasteiger partial charge in [0.2, 0.25) is 0 Å². The maximum Gasteiger partial charge on any atom is 0.337 e. The second-order valence-corrected chi connectivity index (χ2v) is 5.92. The molecule has 2 nitrogen and oxygen atoms in total. The first kappa shape index (κ1) is 10.6. The summed E-state index contributed by atoms with van der Waals surface area (Å²) in [6.45, 7) is 0. The van der Waals surface area contributed by atoms with Crippen molar-refractivity contribution in [2.45, 2.75) is 0 Å². The maximum atomic E-state index is 11.0. The molecule has 0 spiro atoms. The molecule has 1 heterocycles. The zero-order valence-electron chi connectivity index (χ0n) is 6.75. The Morgan fingerprint density at radius 2 is 2.07 bits per heavy atom. The normalized spacial score (nSPS) is 10.7. The van der Waals surface area contributed by atoms with E-state index < -0.39 is 5.97 Å². The van der Waals surface area contributed by atoms with E-state index in [-0.39, 0.29) is 0 Å². The van der Waals surface area contributed by atoms with Crippen LogP contribution in [0.15, 0.2) is 17.5 Å². The molecule has 14 heavy (non-hydrogen) atoms. The molecule has 0 atom stereocenters. The molecule has 0 saturated heterocycles. The van der Waals surface area contributed by atoms with Crippen LogP contribution in [-0.4, -0.2) is 11.1 Å². The van der Waals surface area contributed by atoms with Gasteiger partial charge in [0, 0.05) is 17.2 Å². The van der Waals surface area contributed by atoms with Crippen molar-refractivity contribution in [3.8, 4) is 0 Å². The third-order valence-corrected chi connectivity index (χ3v) is 4.87. The van der Waals surface area contributed by atoms with Crippen LogP contribution in [-0.2, 0) is 0 Å². The lowest BCUT2D eigenvalue weighted by Gasteiger charge is -2.02. The van der Waals surface area contributed by atoms with E-state index in [9.17, 15) is 4.79 Å². The molecule has 1 aromatic heterocycles. The Hall–Kier alpha value is 0.110. The van der Waals surface area contributed by atoms with Gasteiger partial charge in [-0.15, -0.1) is 11.3 Å². The van der Waals surface area contributed by atoms with Crippen LogP contribution in [0.5, 0.6) is 0 Å². The van der Waals surface area contributed by atoms with Gasteiger partial charge in [0.15, 0.2) is 0 Å². The maximum absolute atomic E-state index is 11.0. The lowest BCUT2D eigenvalue weighted by molar-refractivity contribution is 0.0698. The van der Waals surface area contributed by atoms with Crippen molar-refractivity contribution in [2.24, 2.45) is 0 Å². The van der Waals surface area contributed by atoms with E-state index in [4.69, 9.17) is 5.11 Å². The Bertz CT molecular complexity index is 519. The molecule has 0 amide bonds. The summed E-state index contributed by atoms with van der Waals surface area (Å²) in [4.78, 5) is 11.0. The summed E-state index contributed by atoms with van der Waals surface area (Å²) in [5, 5.41) is 11.8. The summed E-state index contributed by atoms with van der Waals surface area (Å²) in [6, 6.07) is 3.77. The zero-order chi connectivity index (χ0) is 10.3. The second kappa shape index (κ2) is 3.93. The number of carboxylic acids is 1. The Labute approximate surface area is 112 Å². The second-order valence-electron chi connectivity index (χ2n) is 2.68. The quantitative estimate of drug-likeness (QED) is 0.700. The number of carboxylic acid groups (broad SMARTS) is 1. The Kier molecular flexibility index (Phi) is 2.98. The van der Waals surface area contributed by atoms with Crippen LogP contribution in [0.25, 0.3) is 10.1 Å². The van der Waals surface area contributed by atoms with Crippen molar-refractivity contribution in [3.63, 3.8) is 0 Å². The molecule has 0 fully saturated rings. The highest BCUT2D eigenvalue weighted by atomic mass is 127. The predicted octanol–water partition coefficient (Wildman–Crippen LogP) is 3.81. The lowest BCUT2D eigenvalue weighted by atomic mass is 10.1. The monoisotopic (exact) mass is 430 g/mol. The highest BCUT2D eigenvalue weighted by Gasteiger charge is 2.15. The number of hydrogen-bond donors (Lipinski definition) is 1. The predicted molar refractivity (Wildman–Crippen MR) is 74.2 cm³/mol. The molecule has 0 saturated carbocycles. The van der Waals surface area contributed by atoms with E-state index in [2.05, 4.69) is 45.2 Å². The van der Waals surface area contributed by atoms with E-state index in [0.29, 0.717) is 5.56 Å². The topological polar surface area (TPSA) is 37.3 Å². The van der Waals surface area contributed by atoms with Crippen LogP contribution >= 0.6 is 56.5 Å². The minimum Gasteiger partial charge on any atom is -0.478 e. The average molecular weight is 430 g/mol. The third kappa shape index (κ3) is 1.65. The molecular formula is C9H4I2O2S. The fourth-order valence-electron chi connectivity index (χ4n) is 1.29. The molecule has 0 aliphatic rings. The summed E-state index contributed by atoms with van der Waals surface area (Å²) >= 11 is 5.88. The van der Waals surface area contributed by atoms with Crippen LogP contribution in [0.3, 0.4) is 0 Å². The van der Waals surface area contributed by atoms with E-state index >= 15 is 0 Å². The molecule has 0 radical (unpaired) electrons. The van der Waals surface area contributed by atoms with Crippen molar-refractivity contribution in [2.75, 3.05) is 0 Å². The van der Waals surface area contributed by atoms with E-state index in [1.54, 1.807) is 11.3 Å². The van der Waals surface area contributed by atoms with Gasteiger partial charge in [-0.2, -0.15) is 0 Å². The summed E-state index contributed by atoms with van der Waals surface area (Å²) < 4.78 is 2.97. The SMILES string of the molecule is O=C(O)c1c(I)cc(I)c2sccc12. The molecule has 0 bridgehead atoms. The Morgan fingerprint density at radius 1 is 1.36 bits per heavy atom. The molecule has 0 aliphatic heterocycles. The van der Waals surface area contributed by atoms with Gasteiger partial charge in [-0.25, -0.2) is 4.79 Å². The smallest absolute Gasteiger partial charge is 0.337 e. The van der Waals surface area contributed by atoms with Gasteiger partial charge < -0.3 is 5.11 Å². The average Bonchev–Trinajstić information content (AvgIpc) is 2.51. The molecule has 1 N–H and O–H groups in total. The number of carbonyl (C=O) groups is 1. The summed E-state index contributed by atoms with van der Waals surface area (Å²) in [6.07, 6.45) is 0. The lowest BCUT2D eigenvalue weighted by Crippen LogP contribution is -2.00. The van der Waals surface area contributed by atoms with E-state index in [0.717, 1.165) is 17.2 Å². The standard InChI is InChI=1S/C9H4I2O2S/c10-5-3-6(11)8-4(1-2-14-8)7(5)9(12)13/h1-3H,(H,12,13). The number of rotatable bonds is 1. The van der Waals surface area contributed by atoms with Crippen molar-refractivity contribution in [3.05, 3.63) is 30.2 Å². The Morgan fingerprint density at radius 3 is 2.71 bits per heavy atom. The molecule has 0 unspecified atom stereocenters. The number of hydrogen-bond acceptors (Lipinski definition) is 2. The van der Waals surface area contributed by atoms with Gasteiger partial charge in [-0.1, -0.05) is 0 Å². The van der Waals surface area contributed by atoms with Crippen LogP contribution < -0.4 is 0 Å². The van der Waals surface area contributed by atoms with E-state index in [1.807, 2.05) is 17.5 Å². The van der Waals surface area contributed by atoms with Crippen LogP contribution in [0.4, 0.5) is 0 Å². The number of benzene rings is 1. The van der Waals surface area contributed by atoms with Crippen LogP contribution in [0, 0.1) is 7.14 Å². The number of halogens is 2. The molecule has 5 heteroatoms. The first-order chi connectivity index (χ1) is 6.61. The molecule has 72 valence electrons. The molecule has 0 aliphatic carbocycles. The molecule has 2 rings (SSSR count). The summed E-state index contributed by atoms with van der Waals surface area (Å²) in [5.74, 6) is -0.853. The summed E-state index contributed by atoms with van der Waals surface area (Å²) in [7, 11) is 0. The largest absolute Gasteiger partial charge is 0.478 e. The van der Waals surface area contributed by atoms with Crippen molar-refractivity contribution < 1.29 is 9.90 Å². The summed E-state index contributed by atoms with van der Waals surface area (Å²) in [5.41, 5.74) is 0.419. The van der Waals surface area contributed by atoms with Gasteiger partial charge >= 0.3 is 5.97 Å². The highest BCUT2D eigenvalue weighted by Crippen LogP contribution is 2.32. The van der Waals surface area contributed by atoms with Crippen molar-refractivity contribution >= 4 is 72.6 Å². The number of thiophene rings is 1. The van der Waals surface area contributed by atoms with Gasteiger partial charge in [-0.3, -0.25) is 0 Å². The number of fused-ring (bicyclic) bond motifs is 1. The van der Waals surface area contributed by atoms with Gasteiger partial charge in [0.25, 0.3) is 0 Å². The minimum atomic E-state index is -0.853. The van der Waals surface area contributed by atoms with Crippen LogP contribution in [0.1, 0.15) is 10.4 Å². The molecule has 2 aromatic rings. The Balaban J connectivity index is 2.93. The van der Waals surface area contributed by atoms with Crippen molar-refractivity contribution in [1.29, 1.82) is 0 Å². The molecule has 1 aromatic carbocycles. The first-order valence-corrected chi connectivity index (χ1v) is 6.73. The fourth-order valence-corrected chi connectivity index (χ4v) is 4.51. The van der Waals surface area contributed by atoms with Crippen molar-refractivity contribution in [1.82, 2.24) is 0 Å². The zero-order valence-corrected chi connectivity index (χ0v) is 11.9. The van der Waals surface area contributed by atoms with Crippen LogP contribution in [0.2, 0.25) is 0 Å². The van der Waals surface area contributed by atoms with Gasteiger partial charge in [-0.05, 0) is 62.7 Å². The van der Waals surface area contributed by atoms with Gasteiger partial charge in [0.1, 0.15) is 0 Å². The first-order valence-electron chi connectivity index (χ1n) is 3.69. The number of aromatic carboxylic acids is 1. The molecular weight excluding hydrogens is 426 g/mol. The minimum absolute atomic E-state index is 0.419. The van der Waals surface area contributed by atoms with Gasteiger partial charge in [0.05, 0.1) is 5.56 Å².